The predicted octanol–water partition coefficient (Wildman–Crippen LogP) is 5.21. The Morgan fingerprint density at radius 2 is 1.74 bits per heavy atom. The van der Waals surface area contributed by atoms with E-state index in [0.717, 1.165) is 53.1 Å². The fourth-order valence-corrected chi connectivity index (χ4v) is 4.98. The van der Waals surface area contributed by atoms with Crippen molar-refractivity contribution in [2.75, 3.05) is 20.3 Å². The van der Waals surface area contributed by atoms with Crippen molar-refractivity contribution in [1.29, 1.82) is 0 Å². The molecule has 0 saturated heterocycles. The second-order valence-corrected chi connectivity index (χ2v) is 10.4. The zero-order valence-corrected chi connectivity index (χ0v) is 22.5. The number of fused-ring (bicyclic) bond motifs is 1. The lowest BCUT2D eigenvalue weighted by Gasteiger charge is -2.19. The smallest absolute Gasteiger partial charge is 0.330 e. The summed E-state index contributed by atoms with van der Waals surface area (Å²) in [6.45, 7) is 5.19. The van der Waals surface area contributed by atoms with Gasteiger partial charge in [-0.3, -0.25) is 4.79 Å². The summed E-state index contributed by atoms with van der Waals surface area (Å²) in [5.41, 5.74) is 6.38. The summed E-state index contributed by atoms with van der Waals surface area (Å²) in [4.78, 5) is 24.1. The lowest BCUT2D eigenvalue weighted by molar-refractivity contribution is -0.147. The van der Waals surface area contributed by atoms with Crippen LogP contribution >= 0.6 is 11.6 Å². The van der Waals surface area contributed by atoms with Gasteiger partial charge in [-0.25, -0.2) is 4.79 Å². The van der Waals surface area contributed by atoms with E-state index in [4.69, 9.17) is 21.1 Å². The average molecular weight is 538 g/mol. The highest BCUT2D eigenvalue weighted by Crippen LogP contribution is 2.47. The van der Waals surface area contributed by atoms with Crippen molar-refractivity contribution in [2.45, 2.75) is 39.5 Å². The molecule has 200 valence electrons. The molecular weight excluding hydrogens is 506 g/mol. The molecule has 1 aliphatic rings. The van der Waals surface area contributed by atoms with E-state index in [0.29, 0.717) is 5.02 Å². The van der Waals surface area contributed by atoms with Gasteiger partial charge in [-0.1, -0.05) is 67.9 Å². The lowest BCUT2D eigenvalue weighted by Crippen LogP contribution is -2.19. The molecule has 0 aliphatic carbocycles. The highest BCUT2D eigenvalue weighted by atomic mass is 35.5. The number of aliphatic hydroxyl groups excluding tert-OH is 1. The Bertz CT molecular complexity index is 1310. The minimum atomic E-state index is -1.31. The highest BCUT2D eigenvalue weighted by molar-refractivity contribution is 6.30. The molecular formula is C30H32ClNO6. The molecule has 2 aromatic carbocycles. The van der Waals surface area contributed by atoms with Gasteiger partial charge >= 0.3 is 11.9 Å². The van der Waals surface area contributed by atoms with Gasteiger partial charge in [-0.15, -0.1) is 0 Å². The van der Waals surface area contributed by atoms with Gasteiger partial charge < -0.3 is 23.9 Å². The number of hydrogen-bond donors (Lipinski definition) is 1. The maximum atomic E-state index is 13.0. The summed E-state index contributed by atoms with van der Waals surface area (Å²) < 4.78 is 17.4. The van der Waals surface area contributed by atoms with Gasteiger partial charge in [0.1, 0.15) is 6.61 Å². The van der Waals surface area contributed by atoms with E-state index in [9.17, 15) is 14.7 Å². The minimum absolute atomic E-state index is 0.0307. The van der Waals surface area contributed by atoms with Gasteiger partial charge in [0.2, 0.25) is 0 Å². The van der Waals surface area contributed by atoms with Crippen molar-refractivity contribution in [3.05, 3.63) is 83.2 Å². The van der Waals surface area contributed by atoms with Gasteiger partial charge in [-0.2, -0.15) is 0 Å². The third-order valence-electron chi connectivity index (χ3n) is 6.45. The van der Waals surface area contributed by atoms with E-state index in [1.54, 1.807) is 0 Å². The molecule has 0 spiro atoms. The van der Waals surface area contributed by atoms with Crippen molar-refractivity contribution in [3.8, 4) is 22.3 Å². The van der Waals surface area contributed by atoms with Crippen LogP contribution < -0.4 is 0 Å². The Morgan fingerprint density at radius 1 is 1.05 bits per heavy atom. The standard InChI is InChI=1S/C30H32ClNO6/c1-30(2)18-24-29(20-7-5-4-6-8-20)28(21-9-11-22(31)12-10-21)23(32(24)19-30)17-27(35)38-16-15-37-26(34)14-13-25(33)36-3/h4-14,26,34H,15-19H2,1-3H3/b14-13+. The van der Waals surface area contributed by atoms with Crippen LogP contribution in [0.4, 0.5) is 0 Å². The van der Waals surface area contributed by atoms with Crippen molar-refractivity contribution in [3.63, 3.8) is 0 Å². The summed E-state index contributed by atoms with van der Waals surface area (Å²) in [6.07, 6.45) is 1.88. The zero-order valence-electron chi connectivity index (χ0n) is 21.8. The van der Waals surface area contributed by atoms with Crippen LogP contribution in [0.5, 0.6) is 0 Å². The number of nitrogens with zero attached hydrogens (tertiary/aromatic N) is 1. The number of esters is 2. The number of carbonyl (C=O) groups excluding carboxylic acids is 2. The second kappa shape index (κ2) is 12.0. The molecule has 0 bridgehead atoms. The van der Waals surface area contributed by atoms with Crippen LogP contribution in [-0.2, 0) is 43.2 Å². The summed E-state index contributed by atoms with van der Waals surface area (Å²) in [5, 5.41) is 10.4. The van der Waals surface area contributed by atoms with Gasteiger partial charge in [0.15, 0.2) is 6.29 Å². The molecule has 7 nitrogen and oxygen atoms in total. The number of aromatic nitrogens is 1. The summed E-state index contributed by atoms with van der Waals surface area (Å²) >= 11 is 6.19. The summed E-state index contributed by atoms with van der Waals surface area (Å²) in [6, 6.07) is 17.9. The number of rotatable bonds is 10. The first kappa shape index (κ1) is 27.6. The van der Waals surface area contributed by atoms with Crippen LogP contribution in [0.1, 0.15) is 25.2 Å². The van der Waals surface area contributed by atoms with Gasteiger partial charge in [0, 0.05) is 40.2 Å². The highest BCUT2D eigenvalue weighted by Gasteiger charge is 2.36. The Kier molecular flexibility index (Phi) is 8.72. The molecule has 8 heteroatoms. The predicted molar refractivity (Wildman–Crippen MR) is 146 cm³/mol. The first-order valence-corrected chi connectivity index (χ1v) is 12.8. The Balaban J connectivity index is 1.59. The van der Waals surface area contributed by atoms with E-state index in [2.05, 4.69) is 35.3 Å². The molecule has 0 saturated carbocycles. The second-order valence-electron chi connectivity index (χ2n) is 9.98. The first-order chi connectivity index (χ1) is 18.2. The number of carbonyl (C=O) groups is 2. The summed E-state index contributed by atoms with van der Waals surface area (Å²) in [7, 11) is 1.24. The molecule has 0 radical (unpaired) electrons. The van der Waals surface area contributed by atoms with Crippen LogP contribution in [0.2, 0.25) is 5.02 Å². The SMILES string of the molecule is COC(=O)/C=C/C(O)OCCOC(=O)Cc1c(-c2ccc(Cl)cc2)c(-c2ccccc2)c2n1CC(C)(C)C2. The average Bonchev–Trinajstić information content (AvgIpc) is 3.36. The van der Waals surface area contributed by atoms with Crippen molar-refractivity contribution in [2.24, 2.45) is 5.41 Å². The molecule has 2 heterocycles. The van der Waals surface area contributed by atoms with E-state index in [-0.39, 0.29) is 25.0 Å². The number of methoxy groups -OCH3 is 1. The molecule has 0 fully saturated rings. The molecule has 1 aromatic heterocycles. The van der Waals surface area contributed by atoms with Crippen LogP contribution in [-0.4, -0.2) is 48.2 Å². The maximum Gasteiger partial charge on any atom is 0.330 e. The maximum absolute atomic E-state index is 13.0. The minimum Gasteiger partial charge on any atom is -0.466 e. The third-order valence-corrected chi connectivity index (χ3v) is 6.70. The molecule has 3 aromatic rings. The summed E-state index contributed by atoms with van der Waals surface area (Å²) in [5.74, 6) is -0.999. The van der Waals surface area contributed by atoms with Crippen LogP contribution in [0.15, 0.2) is 66.7 Å². The van der Waals surface area contributed by atoms with Crippen molar-refractivity contribution < 1.29 is 28.9 Å². The normalized spacial score (nSPS) is 14.9. The number of halogens is 1. The Hall–Kier alpha value is -3.39. The molecule has 4 rings (SSSR count). The number of ether oxygens (including phenoxy) is 3. The quantitative estimate of drug-likeness (QED) is 0.165. The van der Waals surface area contributed by atoms with Crippen molar-refractivity contribution >= 4 is 23.5 Å². The monoisotopic (exact) mass is 537 g/mol. The first-order valence-electron chi connectivity index (χ1n) is 12.5. The third kappa shape index (κ3) is 6.54. The number of hydrogen-bond acceptors (Lipinski definition) is 6. The molecule has 1 unspecified atom stereocenters. The van der Waals surface area contributed by atoms with E-state index in [1.807, 2.05) is 42.5 Å². The van der Waals surface area contributed by atoms with Crippen LogP contribution in [0.3, 0.4) is 0 Å². The van der Waals surface area contributed by atoms with Crippen LogP contribution in [0.25, 0.3) is 22.3 Å². The number of benzene rings is 2. The fourth-order valence-electron chi connectivity index (χ4n) is 4.86. The van der Waals surface area contributed by atoms with Gasteiger partial charge in [0.05, 0.1) is 20.1 Å². The van der Waals surface area contributed by atoms with E-state index < -0.39 is 18.2 Å². The molecule has 1 N–H and O–H groups in total. The topological polar surface area (TPSA) is 87.0 Å². The van der Waals surface area contributed by atoms with Gasteiger partial charge in [0.25, 0.3) is 0 Å². The van der Waals surface area contributed by atoms with Crippen LogP contribution in [0, 0.1) is 5.41 Å². The Morgan fingerprint density at radius 3 is 2.42 bits per heavy atom. The molecule has 1 aliphatic heterocycles. The van der Waals surface area contributed by atoms with Crippen molar-refractivity contribution in [1.82, 2.24) is 4.57 Å². The van der Waals surface area contributed by atoms with E-state index >= 15 is 0 Å². The Labute approximate surface area is 227 Å². The zero-order chi connectivity index (χ0) is 27.3. The molecule has 1 atom stereocenters. The largest absolute Gasteiger partial charge is 0.466 e. The fraction of sp³-hybridized carbons (Fsp3) is 0.333. The van der Waals surface area contributed by atoms with Gasteiger partial charge in [-0.05, 0) is 41.2 Å². The lowest BCUT2D eigenvalue weighted by atomic mass is 9.86. The molecule has 0 amide bonds. The number of aliphatic hydroxyl groups is 1. The molecule has 38 heavy (non-hydrogen) atoms. The van der Waals surface area contributed by atoms with E-state index in [1.165, 1.54) is 12.8 Å².